The Hall–Kier alpha value is -5.29. The summed E-state index contributed by atoms with van der Waals surface area (Å²) in [5.74, 6) is 6.74. The van der Waals surface area contributed by atoms with Crippen molar-refractivity contribution in [3.63, 3.8) is 0 Å². The molecule has 1 N–H and O–H groups in total. The number of anilines is 1. The van der Waals surface area contributed by atoms with Gasteiger partial charge in [-0.15, -0.1) is 0 Å². The van der Waals surface area contributed by atoms with E-state index in [1.54, 1.807) is 24.3 Å². The van der Waals surface area contributed by atoms with Gasteiger partial charge < -0.3 is 24.3 Å². The van der Waals surface area contributed by atoms with Crippen LogP contribution in [-0.4, -0.2) is 44.3 Å². The number of carbonyl (C=O) groups is 3. The van der Waals surface area contributed by atoms with Crippen LogP contribution in [0.1, 0.15) is 58.3 Å². The molecule has 0 aromatic heterocycles. The first-order valence-electron chi connectivity index (χ1n) is 14.8. The highest BCUT2D eigenvalue weighted by atomic mass is 16.5. The minimum Gasteiger partial charge on any atom is -0.494 e. The fourth-order valence-corrected chi connectivity index (χ4v) is 4.15. The zero-order valence-electron chi connectivity index (χ0n) is 25.9. The number of rotatable bonds is 16. The Morgan fingerprint density at radius 1 is 0.667 bits per heavy atom. The number of hydrogen-bond acceptors (Lipinski definition) is 7. The van der Waals surface area contributed by atoms with Gasteiger partial charge in [0.05, 0.1) is 26.4 Å². The molecule has 234 valence electrons. The minimum absolute atomic E-state index is 0.214. The fourth-order valence-electron chi connectivity index (χ4n) is 4.15. The van der Waals surface area contributed by atoms with Gasteiger partial charge in [0.15, 0.2) is 0 Å². The number of hydrogen-bond donors (Lipinski definition) is 1. The highest BCUT2D eigenvalue weighted by Gasteiger charge is 2.11. The molecule has 1 amide bonds. The molecule has 0 aliphatic rings. The molecular weight excluding hydrogens is 570 g/mol. The van der Waals surface area contributed by atoms with Gasteiger partial charge in [-0.1, -0.05) is 25.0 Å². The molecule has 3 rings (SSSR count). The van der Waals surface area contributed by atoms with Crippen molar-refractivity contribution in [2.75, 3.05) is 31.7 Å². The summed E-state index contributed by atoms with van der Waals surface area (Å²) < 4.78 is 21.3. The van der Waals surface area contributed by atoms with Gasteiger partial charge in [-0.2, -0.15) is 0 Å². The van der Waals surface area contributed by atoms with Crippen LogP contribution in [0.2, 0.25) is 0 Å². The molecule has 0 saturated carbocycles. The second-order valence-electron chi connectivity index (χ2n) is 10.1. The summed E-state index contributed by atoms with van der Waals surface area (Å²) in [7, 11) is 0. The molecule has 0 radical (unpaired) electrons. The van der Waals surface area contributed by atoms with Crippen LogP contribution in [0.3, 0.4) is 0 Å². The van der Waals surface area contributed by atoms with E-state index in [-0.39, 0.29) is 5.91 Å². The third-order valence-corrected chi connectivity index (χ3v) is 6.53. The molecule has 0 fully saturated rings. The molecule has 0 saturated heterocycles. The highest BCUT2D eigenvalue weighted by molar-refractivity contribution is 6.05. The standard InChI is InChI=1S/C37H39NO7/c1-5-34(39)44-23-9-7-21-42-32-17-13-29(14-18-32)11-12-30-25-27(3)36(28(4)26-30)38-37(41)31-15-19-33(20-16-31)43-22-8-10-24-45-35(40)6-2/h5-6,13-20,25-26H,1-2,7-10,21-24H2,3-4H3,(H,38,41). The second-order valence-corrected chi connectivity index (χ2v) is 10.1. The summed E-state index contributed by atoms with van der Waals surface area (Å²) in [6, 6.07) is 18.4. The molecule has 0 aliphatic heterocycles. The summed E-state index contributed by atoms with van der Waals surface area (Å²) in [4.78, 5) is 35.0. The topological polar surface area (TPSA) is 100 Å². The van der Waals surface area contributed by atoms with Crippen molar-refractivity contribution in [2.24, 2.45) is 0 Å². The maximum Gasteiger partial charge on any atom is 0.330 e. The van der Waals surface area contributed by atoms with Gasteiger partial charge in [0.1, 0.15) is 11.5 Å². The van der Waals surface area contributed by atoms with Gasteiger partial charge in [0.2, 0.25) is 0 Å². The number of nitrogens with one attached hydrogen (secondary N) is 1. The lowest BCUT2D eigenvalue weighted by molar-refractivity contribution is -0.138. The van der Waals surface area contributed by atoms with E-state index in [1.807, 2.05) is 50.2 Å². The zero-order chi connectivity index (χ0) is 32.4. The van der Waals surface area contributed by atoms with Crippen LogP contribution >= 0.6 is 0 Å². The lowest BCUT2D eigenvalue weighted by atomic mass is 10.0. The van der Waals surface area contributed by atoms with Crippen LogP contribution < -0.4 is 14.8 Å². The van der Waals surface area contributed by atoms with Gasteiger partial charge in [-0.05, 0) is 111 Å². The number of unbranched alkanes of at least 4 members (excludes halogenated alkanes) is 2. The van der Waals surface area contributed by atoms with Gasteiger partial charge >= 0.3 is 11.9 Å². The number of carbonyl (C=O) groups excluding carboxylic acids is 3. The molecule has 3 aromatic rings. The van der Waals surface area contributed by atoms with Crippen molar-refractivity contribution >= 4 is 23.5 Å². The molecule has 0 unspecified atom stereocenters. The number of esters is 2. The van der Waals surface area contributed by atoms with Crippen molar-refractivity contribution in [3.05, 3.63) is 114 Å². The van der Waals surface area contributed by atoms with Crippen molar-refractivity contribution in [3.8, 4) is 23.3 Å². The molecule has 3 aromatic carbocycles. The predicted octanol–water partition coefficient (Wildman–Crippen LogP) is 6.73. The maximum absolute atomic E-state index is 13.0. The van der Waals surface area contributed by atoms with Gasteiger partial charge in [0, 0.05) is 34.5 Å². The number of amides is 1. The SMILES string of the molecule is C=CC(=O)OCCCCOc1ccc(C#Cc2cc(C)c(NC(=O)c3ccc(OCCCCOC(=O)C=C)cc3)c(C)c2)cc1. The summed E-state index contributed by atoms with van der Waals surface area (Å²) >= 11 is 0. The molecule has 0 aliphatic carbocycles. The summed E-state index contributed by atoms with van der Waals surface area (Å²) in [5.41, 5.74) is 4.80. The Morgan fingerprint density at radius 2 is 1.11 bits per heavy atom. The van der Waals surface area contributed by atoms with E-state index in [2.05, 4.69) is 30.3 Å². The molecule has 0 spiro atoms. The summed E-state index contributed by atoms with van der Waals surface area (Å²) in [6.45, 7) is 12.3. The highest BCUT2D eigenvalue weighted by Crippen LogP contribution is 2.23. The van der Waals surface area contributed by atoms with E-state index in [0.717, 1.165) is 58.7 Å². The van der Waals surface area contributed by atoms with Crippen LogP contribution in [0.4, 0.5) is 5.69 Å². The second kappa shape index (κ2) is 18.4. The quantitative estimate of drug-likeness (QED) is 0.0832. The van der Waals surface area contributed by atoms with Gasteiger partial charge in [-0.25, -0.2) is 9.59 Å². The molecule has 8 nitrogen and oxygen atoms in total. The Kier molecular flexibility index (Phi) is 14.0. The minimum atomic E-state index is -0.430. The predicted molar refractivity (Wildman–Crippen MR) is 175 cm³/mol. The zero-order valence-corrected chi connectivity index (χ0v) is 25.9. The van der Waals surface area contributed by atoms with Crippen LogP contribution in [0.5, 0.6) is 11.5 Å². The molecule has 45 heavy (non-hydrogen) atoms. The summed E-state index contributed by atoms with van der Waals surface area (Å²) in [5, 5.41) is 3.02. The van der Waals surface area contributed by atoms with E-state index in [9.17, 15) is 14.4 Å². The van der Waals surface area contributed by atoms with Gasteiger partial charge in [0.25, 0.3) is 5.91 Å². The summed E-state index contributed by atoms with van der Waals surface area (Å²) in [6.07, 6.45) is 5.19. The van der Waals surface area contributed by atoms with Crippen molar-refractivity contribution in [1.29, 1.82) is 0 Å². The van der Waals surface area contributed by atoms with Crippen LogP contribution in [0, 0.1) is 25.7 Å². The first kappa shape index (κ1) is 34.2. The molecule has 8 heteroatoms. The van der Waals surface area contributed by atoms with Crippen molar-refractivity contribution < 1.29 is 33.3 Å². The maximum atomic E-state index is 13.0. The lowest BCUT2D eigenvalue weighted by Crippen LogP contribution is -2.14. The lowest BCUT2D eigenvalue weighted by Gasteiger charge is -2.13. The molecular formula is C37H39NO7. The van der Waals surface area contributed by atoms with Gasteiger partial charge in [-0.3, -0.25) is 4.79 Å². The largest absolute Gasteiger partial charge is 0.494 e. The number of ether oxygens (including phenoxy) is 4. The normalized spacial score (nSPS) is 10.1. The average Bonchev–Trinajstić information content (AvgIpc) is 3.05. The Labute approximate surface area is 265 Å². The molecule has 0 atom stereocenters. The molecule has 0 heterocycles. The number of benzene rings is 3. The number of aryl methyl sites for hydroxylation is 2. The van der Waals surface area contributed by atoms with Crippen LogP contribution in [0.15, 0.2) is 86.0 Å². The van der Waals surface area contributed by atoms with Crippen LogP contribution in [-0.2, 0) is 19.1 Å². The fraction of sp³-hybridized carbons (Fsp3) is 0.270. The Morgan fingerprint density at radius 3 is 1.60 bits per heavy atom. The van der Waals surface area contributed by atoms with E-state index >= 15 is 0 Å². The smallest absolute Gasteiger partial charge is 0.330 e. The monoisotopic (exact) mass is 609 g/mol. The van der Waals surface area contributed by atoms with Crippen molar-refractivity contribution in [2.45, 2.75) is 39.5 Å². The average molecular weight is 610 g/mol. The first-order chi connectivity index (χ1) is 21.8. The van der Waals surface area contributed by atoms with Crippen LogP contribution in [0.25, 0.3) is 0 Å². The first-order valence-corrected chi connectivity index (χ1v) is 14.8. The third kappa shape index (κ3) is 12.1. The van der Waals surface area contributed by atoms with E-state index < -0.39 is 11.9 Å². The van der Waals surface area contributed by atoms with E-state index in [4.69, 9.17) is 18.9 Å². The Balaban J connectivity index is 1.47. The van der Waals surface area contributed by atoms with E-state index in [1.165, 1.54) is 0 Å². The van der Waals surface area contributed by atoms with E-state index in [0.29, 0.717) is 50.6 Å². The third-order valence-electron chi connectivity index (χ3n) is 6.53. The van der Waals surface area contributed by atoms with Crippen molar-refractivity contribution in [1.82, 2.24) is 0 Å². The Bertz CT molecular complexity index is 1510. The molecule has 0 bridgehead atoms.